The van der Waals surface area contributed by atoms with Gasteiger partial charge in [0.15, 0.2) is 0 Å². The van der Waals surface area contributed by atoms with Gasteiger partial charge < -0.3 is 14.6 Å². The van der Waals surface area contributed by atoms with Crippen molar-refractivity contribution in [3.05, 3.63) is 47.5 Å². The molecule has 2 saturated carbocycles. The number of nitriles is 1. The van der Waals surface area contributed by atoms with Gasteiger partial charge in [0, 0.05) is 55.0 Å². The summed E-state index contributed by atoms with van der Waals surface area (Å²) in [7, 11) is 0. The third kappa shape index (κ3) is 6.40. The fraction of sp³-hybridized carbons (Fsp3) is 0.531. The second kappa shape index (κ2) is 11.0. The lowest BCUT2D eigenvalue weighted by atomic mass is 9.97. The maximum atomic E-state index is 14.7. The summed E-state index contributed by atoms with van der Waals surface area (Å²) >= 11 is 0. The number of amides is 2. The quantitative estimate of drug-likeness (QED) is 0.315. The van der Waals surface area contributed by atoms with Crippen molar-refractivity contribution in [2.45, 2.75) is 81.5 Å². The van der Waals surface area contributed by atoms with Crippen molar-refractivity contribution in [3.63, 3.8) is 0 Å². The molecule has 3 fully saturated rings. The van der Waals surface area contributed by atoms with E-state index in [1.165, 1.54) is 44.9 Å². The molecule has 1 saturated heterocycles. The number of alkyl halides is 4. The molecule has 2 unspecified atom stereocenters. The number of nitrogens with one attached hydrogen (secondary N) is 2. The van der Waals surface area contributed by atoms with Crippen LogP contribution in [0.4, 0.5) is 17.6 Å². The molecule has 1 aliphatic heterocycles. The SMILES string of the molecule is CC(C)(F)CC(NC(c1ccc2c(c1)oc1ccc(C(=O)N3CCN(C4CC4)CC3)cc12)C(F)(F)F)C(=O)NC1(C#N)CC1. The number of fused-ring (bicyclic) bond motifs is 3. The number of halogens is 4. The maximum absolute atomic E-state index is 14.7. The van der Waals surface area contributed by atoms with Gasteiger partial charge in [-0.15, -0.1) is 0 Å². The highest BCUT2D eigenvalue weighted by Gasteiger charge is 2.48. The zero-order chi connectivity index (χ0) is 31.4. The van der Waals surface area contributed by atoms with Gasteiger partial charge in [0.1, 0.15) is 28.4 Å². The molecule has 6 rings (SSSR count). The van der Waals surface area contributed by atoms with Crippen LogP contribution in [0.3, 0.4) is 0 Å². The highest BCUT2D eigenvalue weighted by atomic mass is 19.4. The minimum atomic E-state index is -4.84. The Labute approximate surface area is 252 Å². The van der Waals surface area contributed by atoms with Crippen molar-refractivity contribution in [2.24, 2.45) is 0 Å². The predicted molar refractivity (Wildman–Crippen MR) is 155 cm³/mol. The number of hydrogen-bond donors (Lipinski definition) is 2. The first-order valence-electron chi connectivity index (χ1n) is 15.0. The lowest BCUT2D eigenvalue weighted by Crippen LogP contribution is -2.53. The maximum Gasteiger partial charge on any atom is 0.407 e. The minimum Gasteiger partial charge on any atom is -0.456 e. The molecular formula is C32H35F4N5O3. The van der Waals surface area contributed by atoms with Crippen molar-refractivity contribution >= 4 is 33.8 Å². The van der Waals surface area contributed by atoms with Crippen LogP contribution in [0.15, 0.2) is 40.8 Å². The van der Waals surface area contributed by atoms with Gasteiger partial charge in [-0.05, 0) is 69.4 Å². The Balaban J connectivity index is 1.25. The summed E-state index contributed by atoms with van der Waals surface area (Å²) in [6.45, 7) is 5.34. The third-order valence-corrected chi connectivity index (χ3v) is 8.77. The summed E-state index contributed by atoms with van der Waals surface area (Å²) in [5, 5.41) is 15.3. The lowest BCUT2D eigenvalue weighted by Gasteiger charge is -2.34. The average Bonchev–Trinajstić information content (AvgIpc) is 3.91. The number of piperazine rings is 1. The Morgan fingerprint density at radius 3 is 2.32 bits per heavy atom. The zero-order valence-electron chi connectivity index (χ0n) is 24.6. The van der Waals surface area contributed by atoms with E-state index < -0.39 is 41.8 Å². The number of hydrogen-bond acceptors (Lipinski definition) is 6. The molecule has 0 spiro atoms. The monoisotopic (exact) mass is 613 g/mol. The molecule has 2 atom stereocenters. The van der Waals surface area contributed by atoms with Crippen molar-refractivity contribution in [1.29, 1.82) is 5.26 Å². The summed E-state index contributed by atoms with van der Waals surface area (Å²) in [5.74, 6) is -0.959. The van der Waals surface area contributed by atoms with Gasteiger partial charge in [-0.2, -0.15) is 18.4 Å². The molecule has 12 heteroatoms. The van der Waals surface area contributed by atoms with Crippen LogP contribution in [0.2, 0.25) is 0 Å². The van der Waals surface area contributed by atoms with E-state index in [4.69, 9.17) is 4.42 Å². The van der Waals surface area contributed by atoms with Gasteiger partial charge in [0.25, 0.3) is 5.91 Å². The van der Waals surface area contributed by atoms with E-state index in [-0.39, 0.29) is 17.1 Å². The van der Waals surface area contributed by atoms with Crippen molar-refractivity contribution in [3.8, 4) is 6.07 Å². The van der Waals surface area contributed by atoms with Gasteiger partial charge in [-0.25, -0.2) is 4.39 Å². The van der Waals surface area contributed by atoms with Crippen molar-refractivity contribution in [2.75, 3.05) is 26.2 Å². The van der Waals surface area contributed by atoms with E-state index in [9.17, 15) is 32.4 Å². The first-order chi connectivity index (χ1) is 20.7. The van der Waals surface area contributed by atoms with Crippen LogP contribution in [0.5, 0.6) is 0 Å². The number of furan rings is 1. The smallest absolute Gasteiger partial charge is 0.407 e. The molecule has 8 nitrogen and oxygen atoms in total. The summed E-state index contributed by atoms with van der Waals surface area (Å²) < 4.78 is 63.9. The van der Waals surface area contributed by atoms with Crippen LogP contribution in [-0.4, -0.2) is 77.3 Å². The lowest BCUT2D eigenvalue weighted by molar-refractivity contribution is -0.161. The van der Waals surface area contributed by atoms with E-state index in [0.717, 1.165) is 13.1 Å². The van der Waals surface area contributed by atoms with E-state index >= 15 is 0 Å². The number of carbonyl (C=O) groups excluding carboxylic acids is 2. The first-order valence-corrected chi connectivity index (χ1v) is 15.0. The van der Waals surface area contributed by atoms with Crippen LogP contribution >= 0.6 is 0 Å². The molecule has 2 amide bonds. The Hall–Kier alpha value is -3.69. The normalized spacial score (nSPS) is 20.3. The number of nitrogens with zero attached hydrogens (tertiary/aromatic N) is 3. The van der Waals surface area contributed by atoms with E-state index in [1.54, 1.807) is 18.2 Å². The van der Waals surface area contributed by atoms with E-state index in [0.29, 0.717) is 53.9 Å². The fourth-order valence-electron chi connectivity index (χ4n) is 6.03. The molecule has 44 heavy (non-hydrogen) atoms. The zero-order valence-corrected chi connectivity index (χ0v) is 24.6. The van der Waals surface area contributed by atoms with Crippen LogP contribution in [-0.2, 0) is 4.79 Å². The second-order valence-electron chi connectivity index (χ2n) is 12.9. The summed E-state index contributed by atoms with van der Waals surface area (Å²) in [4.78, 5) is 30.5. The highest BCUT2D eigenvalue weighted by Crippen LogP contribution is 2.39. The first kappa shape index (κ1) is 30.3. The standard InChI is InChI=1S/C32H35F4N5O3/c1-30(2,33)17-24(28(42)39-31(18-37)9-10-31)38-27(32(34,35)36)19-3-7-22-23-15-20(4-8-25(23)44-26(22)16-19)29(43)41-13-11-40(12-14-41)21-5-6-21/h3-4,7-8,15-16,21,24,27,38H,5-6,9-14,17H2,1-2H3,(H,39,42). The molecular weight excluding hydrogens is 578 g/mol. The molecule has 234 valence electrons. The summed E-state index contributed by atoms with van der Waals surface area (Å²) in [6.07, 6.45) is -2.17. The van der Waals surface area contributed by atoms with Crippen LogP contribution < -0.4 is 10.6 Å². The largest absolute Gasteiger partial charge is 0.456 e. The molecule has 1 aromatic heterocycles. The van der Waals surface area contributed by atoms with Gasteiger partial charge in [0.2, 0.25) is 5.91 Å². The third-order valence-electron chi connectivity index (χ3n) is 8.77. The molecule has 0 radical (unpaired) electrons. The number of carbonyl (C=O) groups is 2. The Morgan fingerprint density at radius 1 is 1.02 bits per heavy atom. The van der Waals surface area contributed by atoms with Crippen molar-refractivity contribution < 1.29 is 31.6 Å². The fourth-order valence-corrected chi connectivity index (χ4v) is 6.03. The predicted octanol–water partition coefficient (Wildman–Crippen LogP) is 5.38. The van der Waals surface area contributed by atoms with Gasteiger partial charge in [-0.3, -0.25) is 19.8 Å². The summed E-state index contributed by atoms with van der Waals surface area (Å²) in [6, 6.07) is 7.82. The number of rotatable bonds is 9. The minimum absolute atomic E-state index is 0.0980. The molecule has 0 bridgehead atoms. The van der Waals surface area contributed by atoms with Crippen LogP contribution in [0.1, 0.15) is 67.9 Å². The van der Waals surface area contributed by atoms with Crippen LogP contribution in [0, 0.1) is 11.3 Å². The van der Waals surface area contributed by atoms with Crippen LogP contribution in [0.25, 0.3) is 21.9 Å². The summed E-state index contributed by atoms with van der Waals surface area (Å²) in [5.41, 5.74) is -2.21. The molecule has 2 heterocycles. The molecule has 3 aliphatic rings. The molecule has 2 aromatic carbocycles. The Kier molecular flexibility index (Phi) is 7.61. The van der Waals surface area contributed by atoms with E-state index in [2.05, 4.69) is 15.5 Å². The van der Waals surface area contributed by atoms with Crippen molar-refractivity contribution in [1.82, 2.24) is 20.4 Å². The highest BCUT2D eigenvalue weighted by molar-refractivity contribution is 6.08. The topological polar surface area (TPSA) is 102 Å². The van der Waals surface area contributed by atoms with Gasteiger partial charge in [0.05, 0.1) is 12.1 Å². The van der Waals surface area contributed by atoms with Gasteiger partial charge >= 0.3 is 6.18 Å². The van der Waals surface area contributed by atoms with Gasteiger partial charge in [-0.1, -0.05) is 12.1 Å². The molecule has 3 aromatic rings. The average molecular weight is 614 g/mol. The molecule has 2 N–H and O–H groups in total. The second-order valence-corrected chi connectivity index (χ2v) is 12.9. The Morgan fingerprint density at radius 2 is 1.73 bits per heavy atom. The van der Waals surface area contributed by atoms with E-state index in [1.807, 2.05) is 11.0 Å². The Bertz CT molecular complexity index is 1620. The molecule has 2 aliphatic carbocycles. The number of benzene rings is 2.